The van der Waals surface area contributed by atoms with E-state index in [1.54, 1.807) is 30.3 Å². The molecule has 5 nitrogen and oxygen atoms in total. The molecule has 0 amide bonds. The molecule has 6 heteroatoms. The van der Waals surface area contributed by atoms with Crippen molar-refractivity contribution in [3.05, 3.63) is 30.3 Å². The summed E-state index contributed by atoms with van der Waals surface area (Å²) in [5, 5.41) is 8.84. The molecule has 1 atom stereocenters. The smallest absolute Gasteiger partial charge is 0.301 e. The van der Waals surface area contributed by atoms with Crippen LogP contribution in [0.2, 0.25) is 0 Å². The average molecular weight is 216 g/mol. The van der Waals surface area contributed by atoms with E-state index < -0.39 is 16.4 Å². The molecule has 0 aliphatic carbocycles. The molecule has 3 N–H and O–H groups in total. The van der Waals surface area contributed by atoms with Gasteiger partial charge >= 0.3 is 10.2 Å². The highest BCUT2D eigenvalue weighted by Crippen LogP contribution is 2.06. The fourth-order valence-electron chi connectivity index (χ4n) is 0.915. The molecule has 14 heavy (non-hydrogen) atoms. The van der Waals surface area contributed by atoms with E-state index in [0.717, 1.165) is 0 Å². The number of nitrogens with one attached hydrogen (secondary N) is 2. The Morgan fingerprint density at radius 1 is 1.29 bits per heavy atom. The summed E-state index contributed by atoms with van der Waals surface area (Å²) in [6.45, 7) is 1.32. The lowest BCUT2D eigenvalue weighted by molar-refractivity contribution is 0.184. The maximum absolute atomic E-state index is 11.2. The first-order valence-electron chi connectivity index (χ1n) is 4.03. The first-order valence-corrected chi connectivity index (χ1v) is 5.51. The maximum atomic E-state index is 11.2. The Kier molecular flexibility index (Phi) is 3.45. The van der Waals surface area contributed by atoms with Crippen LogP contribution < -0.4 is 9.44 Å². The van der Waals surface area contributed by atoms with Gasteiger partial charge in [-0.2, -0.15) is 13.1 Å². The van der Waals surface area contributed by atoms with E-state index >= 15 is 0 Å². The van der Waals surface area contributed by atoms with Gasteiger partial charge in [-0.3, -0.25) is 4.72 Å². The number of hydrogen-bond acceptors (Lipinski definition) is 3. The highest BCUT2D eigenvalue weighted by Gasteiger charge is 2.11. The van der Waals surface area contributed by atoms with Gasteiger partial charge in [-0.1, -0.05) is 18.2 Å². The van der Waals surface area contributed by atoms with E-state index in [1.807, 2.05) is 4.72 Å². The lowest BCUT2D eigenvalue weighted by Gasteiger charge is -2.10. The summed E-state index contributed by atoms with van der Waals surface area (Å²) in [5.41, 5.74) is 0.445. The minimum Gasteiger partial charge on any atom is -0.378 e. The monoisotopic (exact) mass is 216 g/mol. The summed E-state index contributed by atoms with van der Waals surface area (Å²) in [4.78, 5) is 0. The lowest BCUT2D eigenvalue weighted by Crippen LogP contribution is -2.36. The van der Waals surface area contributed by atoms with Crippen LogP contribution in [0.15, 0.2) is 30.3 Å². The summed E-state index contributed by atoms with van der Waals surface area (Å²) in [6.07, 6.45) is -1.11. The van der Waals surface area contributed by atoms with Crippen molar-refractivity contribution in [1.82, 2.24) is 4.72 Å². The van der Waals surface area contributed by atoms with Gasteiger partial charge in [-0.15, -0.1) is 0 Å². The zero-order valence-corrected chi connectivity index (χ0v) is 8.45. The summed E-state index contributed by atoms with van der Waals surface area (Å²) >= 11 is 0. The van der Waals surface area contributed by atoms with Crippen molar-refractivity contribution < 1.29 is 13.5 Å². The number of aliphatic hydroxyl groups is 1. The van der Waals surface area contributed by atoms with Crippen LogP contribution in [0, 0.1) is 0 Å². The Labute approximate surface area is 83.0 Å². The van der Waals surface area contributed by atoms with E-state index in [4.69, 9.17) is 5.11 Å². The third-order valence-corrected chi connectivity index (χ3v) is 2.51. The zero-order valence-electron chi connectivity index (χ0n) is 7.64. The van der Waals surface area contributed by atoms with Gasteiger partial charge in [0.25, 0.3) is 0 Å². The normalized spacial score (nSPS) is 13.6. The van der Waals surface area contributed by atoms with Crippen LogP contribution in [0.5, 0.6) is 0 Å². The second kappa shape index (κ2) is 4.41. The number of aliphatic hydroxyl groups excluding tert-OH is 1. The first-order chi connectivity index (χ1) is 6.49. The van der Waals surface area contributed by atoms with E-state index in [0.29, 0.717) is 5.69 Å². The second-order valence-corrected chi connectivity index (χ2v) is 4.21. The molecule has 1 aromatic rings. The number of anilines is 1. The fourth-order valence-corrected chi connectivity index (χ4v) is 1.87. The van der Waals surface area contributed by atoms with Crippen molar-refractivity contribution in [3.63, 3.8) is 0 Å². The second-order valence-electron chi connectivity index (χ2n) is 2.77. The Bertz CT molecular complexity index is 375. The Morgan fingerprint density at radius 3 is 2.36 bits per heavy atom. The molecule has 78 valence electrons. The molecule has 0 fully saturated rings. The van der Waals surface area contributed by atoms with Crippen LogP contribution in [-0.4, -0.2) is 19.8 Å². The van der Waals surface area contributed by atoms with Gasteiger partial charge in [-0.05, 0) is 19.1 Å². The summed E-state index contributed by atoms with van der Waals surface area (Å²) in [5.74, 6) is 0. The topological polar surface area (TPSA) is 78.4 Å². The number of para-hydroxylation sites is 1. The number of benzene rings is 1. The third kappa shape index (κ3) is 3.73. The largest absolute Gasteiger partial charge is 0.378 e. The molecule has 0 spiro atoms. The summed E-state index contributed by atoms with van der Waals surface area (Å²) < 4.78 is 26.7. The molecule has 0 heterocycles. The molecule has 0 saturated heterocycles. The molecule has 0 radical (unpaired) electrons. The standard InChI is InChI=1S/C8H12N2O3S/c1-7(11)9-14(12,13)10-8-5-3-2-4-6-8/h2-7,9-11H,1H3. The van der Waals surface area contributed by atoms with Gasteiger partial charge in [-0.25, -0.2) is 0 Å². The third-order valence-electron chi connectivity index (χ3n) is 1.35. The van der Waals surface area contributed by atoms with Crippen LogP contribution in [0.3, 0.4) is 0 Å². The van der Waals surface area contributed by atoms with Crippen molar-refractivity contribution in [3.8, 4) is 0 Å². The number of rotatable bonds is 4. The minimum absolute atomic E-state index is 0.445. The van der Waals surface area contributed by atoms with E-state index in [1.165, 1.54) is 6.92 Å². The molecule has 1 aromatic carbocycles. The van der Waals surface area contributed by atoms with E-state index in [9.17, 15) is 8.42 Å². The number of hydrogen-bond donors (Lipinski definition) is 3. The Morgan fingerprint density at radius 2 is 1.86 bits per heavy atom. The predicted octanol–water partition coefficient (Wildman–Crippen LogP) is 0.271. The highest BCUT2D eigenvalue weighted by molar-refractivity contribution is 7.90. The molecule has 1 rings (SSSR count). The minimum atomic E-state index is -3.68. The molecule has 0 saturated carbocycles. The predicted molar refractivity (Wildman–Crippen MR) is 53.8 cm³/mol. The van der Waals surface area contributed by atoms with Gasteiger partial charge in [0.2, 0.25) is 0 Å². The van der Waals surface area contributed by atoms with E-state index in [-0.39, 0.29) is 0 Å². The van der Waals surface area contributed by atoms with Crippen molar-refractivity contribution in [2.75, 3.05) is 4.72 Å². The fraction of sp³-hybridized carbons (Fsp3) is 0.250. The molecule has 0 aromatic heterocycles. The van der Waals surface area contributed by atoms with Crippen molar-refractivity contribution in [2.24, 2.45) is 0 Å². The van der Waals surface area contributed by atoms with Crippen LogP contribution in [0.4, 0.5) is 5.69 Å². The molecule has 1 unspecified atom stereocenters. The Hall–Kier alpha value is -1.11. The summed E-state index contributed by atoms with van der Waals surface area (Å²) in [7, 11) is -3.68. The van der Waals surface area contributed by atoms with Gasteiger partial charge in [0, 0.05) is 5.69 Å². The van der Waals surface area contributed by atoms with Crippen molar-refractivity contribution in [1.29, 1.82) is 0 Å². The molecular weight excluding hydrogens is 204 g/mol. The SMILES string of the molecule is CC(O)NS(=O)(=O)Nc1ccccc1. The van der Waals surface area contributed by atoms with Crippen molar-refractivity contribution >= 4 is 15.9 Å². The van der Waals surface area contributed by atoms with E-state index in [2.05, 4.69) is 4.72 Å². The highest BCUT2D eigenvalue weighted by atomic mass is 32.2. The van der Waals surface area contributed by atoms with Crippen LogP contribution >= 0.6 is 0 Å². The zero-order chi connectivity index (χ0) is 10.6. The van der Waals surface area contributed by atoms with Crippen molar-refractivity contribution in [2.45, 2.75) is 13.2 Å². The molecule has 0 aliphatic rings. The molecule has 0 aliphatic heterocycles. The Balaban J connectivity index is 2.70. The van der Waals surface area contributed by atoms with Crippen LogP contribution in [0.25, 0.3) is 0 Å². The van der Waals surface area contributed by atoms with Crippen LogP contribution in [-0.2, 0) is 10.2 Å². The lowest BCUT2D eigenvalue weighted by atomic mass is 10.3. The van der Waals surface area contributed by atoms with Gasteiger partial charge in [0.05, 0.1) is 0 Å². The first kappa shape index (κ1) is 11.0. The van der Waals surface area contributed by atoms with Gasteiger partial charge in [0.1, 0.15) is 6.23 Å². The molecular formula is C8H12N2O3S. The van der Waals surface area contributed by atoms with Gasteiger partial charge < -0.3 is 5.11 Å². The van der Waals surface area contributed by atoms with Gasteiger partial charge in [0.15, 0.2) is 0 Å². The van der Waals surface area contributed by atoms with Crippen LogP contribution in [0.1, 0.15) is 6.92 Å². The quantitative estimate of drug-likeness (QED) is 0.632. The maximum Gasteiger partial charge on any atom is 0.301 e. The average Bonchev–Trinajstić information content (AvgIpc) is 2.02. The molecule has 0 bridgehead atoms. The summed E-state index contributed by atoms with van der Waals surface area (Å²) in [6, 6.07) is 8.42.